The van der Waals surface area contributed by atoms with Gasteiger partial charge in [0.05, 0.1) is 14.0 Å². The van der Waals surface area contributed by atoms with E-state index in [1.165, 1.54) is 23.5 Å². The van der Waals surface area contributed by atoms with E-state index in [9.17, 15) is 18.0 Å². The summed E-state index contributed by atoms with van der Waals surface area (Å²) in [6.45, 7) is 0. The first-order chi connectivity index (χ1) is 11.9. The number of nitrogens with one attached hydrogen (secondary N) is 1. The smallest absolute Gasteiger partial charge is 0.321 e. The fourth-order valence-electron chi connectivity index (χ4n) is 2.33. The van der Waals surface area contributed by atoms with Crippen LogP contribution >= 0.6 is 33.9 Å². The van der Waals surface area contributed by atoms with Gasteiger partial charge in [-0.3, -0.25) is 4.79 Å². The largest absolute Gasteiger partial charge is 0.416 e. The van der Waals surface area contributed by atoms with E-state index in [2.05, 4.69) is 27.9 Å². The molecule has 1 amide bonds. The molecule has 0 aliphatic carbocycles. The Morgan fingerprint density at radius 1 is 1.00 bits per heavy atom. The number of carbonyl (C=O) groups excluding carboxylic acids is 1. The van der Waals surface area contributed by atoms with E-state index in [1.807, 2.05) is 5.38 Å². The van der Waals surface area contributed by atoms with Crippen LogP contribution in [0.25, 0.3) is 11.1 Å². The number of alkyl halides is 3. The monoisotopic (exact) mass is 473 g/mol. The maximum atomic E-state index is 12.7. The summed E-state index contributed by atoms with van der Waals surface area (Å²) in [7, 11) is 0. The minimum Gasteiger partial charge on any atom is -0.321 e. The van der Waals surface area contributed by atoms with E-state index < -0.39 is 11.7 Å². The molecule has 3 aromatic rings. The zero-order valence-electron chi connectivity index (χ0n) is 12.6. The molecule has 1 heterocycles. The molecule has 0 radical (unpaired) electrons. The van der Waals surface area contributed by atoms with Crippen molar-refractivity contribution in [2.75, 3.05) is 5.32 Å². The third-order valence-corrected chi connectivity index (χ3v) is 5.60. The number of benzene rings is 2. The summed E-state index contributed by atoms with van der Waals surface area (Å²) in [4.78, 5) is 12.4. The quantitative estimate of drug-likeness (QED) is 0.445. The van der Waals surface area contributed by atoms with Gasteiger partial charge in [0, 0.05) is 11.3 Å². The summed E-state index contributed by atoms with van der Waals surface area (Å²) in [5.41, 5.74) is 1.69. The molecule has 0 saturated carbocycles. The van der Waals surface area contributed by atoms with Crippen molar-refractivity contribution in [2.24, 2.45) is 0 Å². The first-order valence-electron chi connectivity index (χ1n) is 7.17. The number of amides is 1. The molecule has 2 aromatic carbocycles. The molecule has 7 heteroatoms. The molecule has 0 spiro atoms. The molecule has 0 aliphatic heterocycles. The highest BCUT2D eigenvalue weighted by molar-refractivity contribution is 14.1. The zero-order valence-corrected chi connectivity index (χ0v) is 15.6. The maximum absolute atomic E-state index is 12.7. The first-order valence-corrected chi connectivity index (χ1v) is 9.13. The van der Waals surface area contributed by atoms with Crippen molar-refractivity contribution < 1.29 is 18.0 Å². The van der Waals surface area contributed by atoms with Gasteiger partial charge in [-0.2, -0.15) is 13.2 Å². The zero-order chi connectivity index (χ0) is 18.0. The predicted molar refractivity (Wildman–Crippen MR) is 102 cm³/mol. The van der Waals surface area contributed by atoms with Crippen molar-refractivity contribution in [1.82, 2.24) is 0 Å². The molecule has 0 bridgehead atoms. The molecular weight excluding hydrogens is 462 g/mol. The van der Waals surface area contributed by atoms with Gasteiger partial charge in [-0.15, -0.1) is 11.3 Å². The fraction of sp³-hybridized carbons (Fsp3) is 0.0556. The van der Waals surface area contributed by atoms with Crippen LogP contribution in [0.5, 0.6) is 0 Å². The number of thiophene rings is 1. The van der Waals surface area contributed by atoms with Crippen molar-refractivity contribution in [1.29, 1.82) is 0 Å². The predicted octanol–water partition coefficient (Wildman–Crippen LogP) is 6.29. The first kappa shape index (κ1) is 17.9. The number of halogens is 4. The minimum atomic E-state index is -4.37. The Bertz CT molecular complexity index is 903. The van der Waals surface area contributed by atoms with Crippen molar-refractivity contribution in [3.63, 3.8) is 0 Å². The van der Waals surface area contributed by atoms with Crippen molar-refractivity contribution in [3.8, 4) is 11.1 Å². The SMILES string of the molecule is O=C(Nc1ccccc1-c1ccc(C(F)(F)F)cc1)c1ccsc1I. The second-order valence-corrected chi connectivity index (χ2v) is 7.91. The molecule has 1 aromatic heterocycles. The van der Waals surface area contributed by atoms with Crippen LogP contribution in [0.15, 0.2) is 60.0 Å². The van der Waals surface area contributed by atoms with E-state index in [0.717, 1.165) is 15.0 Å². The van der Waals surface area contributed by atoms with Gasteiger partial charge < -0.3 is 5.32 Å². The normalized spacial score (nSPS) is 11.4. The molecule has 2 nitrogen and oxygen atoms in total. The lowest BCUT2D eigenvalue weighted by Gasteiger charge is -2.12. The fourth-order valence-corrected chi connectivity index (χ4v) is 3.80. The summed E-state index contributed by atoms with van der Waals surface area (Å²) < 4.78 is 39.0. The number of hydrogen-bond acceptors (Lipinski definition) is 2. The Morgan fingerprint density at radius 2 is 1.68 bits per heavy atom. The molecule has 0 unspecified atom stereocenters. The Kier molecular flexibility index (Phi) is 5.14. The highest BCUT2D eigenvalue weighted by atomic mass is 127. The number of hydrogen-bond donors (Lipinski definition) is 1. The van der Waals surface area contributed by atoms with Crippen LogP contribution in [0.1, 0.15) is 15.9 Å². The Balaban J connectivity index is 1.91. The lowest BCUT2D eigenvalue weighted by molar-refractivity contribution is -0.137. The molecule has 1 N–H and O–H groups in total. The van der Waals surface area contributed by atoms with Gasteiger partial charge in [0.1, 0.15) is 0 Å². The molecular formula is C18H11F3INOS. The third kappa shape index (κ3) is 4.04. The highest BCUT2D eigenvalue weighted by Gasteiger charge is 2.30. The van der Waals surface area contributed by atoms with Crippen LogP contribution in [-0.4, -0.2) is 5.91 Å². The van der Waals surface area contributed by atoms with Crippen molar-refractivity contribution in [3.05, 3.63) is 74.0 Å². The average molecular weight is 473 g/mol. The number of carbonyl (C=O) groups is 1. The molecule has 0 atom stereocenters. The van der Waals surface area contributed by atoms with E-state index in [1.54, 1.807) is 30.3 Å². The highest BCUT2D eigenvalue weighted by Crippen LogP contribution is 2.33. The van der Waals surface area contributed by atoms with Gasteiger partial charge in [-0.05, 0) is 57.8 Å². The van der Waals surface area contributed by atoms with Gasteiger partial charge in [0.15, 0.2) is 0 Å². The van der Waals surface area contributed by atoms with Gasteiger partial charge in [0.25, 0.3) is 5.91 Å². The second kappa shape index (κ2) is 7.17. The Hall–Kier alpha value is -1.87. The van der Waals surface area contributed by atoms with Crippen LogP contribution in [0, 0.1) is 2.88 Å². The van der Waals surface area contributed by atoms with E-state index in [4.69, 9.17) is 0 Å². The number of anilines is 1. The van der Waals surface area contributed by atoms with Gasteiger partial charge in [0.2, 0.25) is 0 Å². The van der Waals surface area contributed by atoms with E-state index >= 15 is 0 Å². The summed E-state index contributed by atoms with van der Waals surface area (Å²) in [5, 5.41) is 4.67. The molecule has 0 fully saturated rings. The van der Waals surface area contributed by atoms with Crippen LogP contribution in [0.3, 0.4) is 0 Å². The lowest BCUT2D eigenvalue weighted by atomic mass is 10.0. The third-order valence-electron chi connectivity index (χ3n) is 3.56. The average Bonchev–Trinajstić information content (AvgIpc) is 3.01. The molecule has 0 aliphatic rings. The van der Waals surface area contributed by atoms with Gasteiger partial charge >= 0.3 is 6.18 Å². The summed E-state index contributed by atoms with van der Waals surface area (Å²) >= 11 is 3.56. The maximum Gasteiger partial charge on any atom is 0.416 e. The second-order valence-electron chi connectivity index (χ2n) is 5.18. The topological polar surface area (TPSA) is 29.1 Å². The van der Waals surface area contributed by atoms with Crippen LogP contribution in [-0.2, 0) is 6.18 Å². The Morgan fingerprint density at radius 3 is 2.28 bits per heavy atom. The summed E-state index contributed by atoms with van der Waals surface area (Å²) in [6, 6.07) is 13.7. The molecule has 25 heavy (non-hydrogen) atoms. The van der Waals surface area contributed by atoms with Crippen molar-refractivity contribution >= 4 is 45.5 Å². The molecule has 128 valence electrons. The lowest BCUT2D eigenvalue weighted by Crippen LogP contribution is -2.12. The number of para-hydroxylation sites is 1. The van der Waals surface area contributed by atoms with Crippen LogP contribution in [0.2, 0.25) is 0 Å². The summed E-state index contributed by atoms with van der Waals surface area (Å²) in [5.74, 6) is -0.245. The van der Waals surface area contributed by atoms with E-state index in [0.29, 0.717) is 22.4 Å². The van der Waals surface area contributed by atoms with Crippen LogP contribution < -0.4 is 5.32 Å². The minimum absolute atomic E-state index is 0.245. The standard InChI is InChI=1S/C18H11F3INOS/c19-18(20,21)12-7-5-11(6-8-12)13-3-1-2-4-15(13)23-17(24)14-9-10-25-16(14)22/h1-10H,(H,23,24). The van der Waals surface area contributed by atoms with Gasteiger partial charge in [-0.25, -0.2) is 0 Å². The molecule has 0 saturated heterocycles. The number of rotatable bonds is 3. The summed E-state index contributed by atoms with van der Waals surface area (Å²) in [6.07, 6.45) is -4.37. The van der Waals surface area contributed by atoms with Crippen molar-refractivity contribution in [2.45, 2.75) is 6.18 Å². The van der Waals surface area contributed by atoms with Gasteiger partial charge in [-0.1, -0.05) is 30.3 Å². The molecule has 3 rings (SSSR count). The Labute approximate surface area is 159 Å². The van der Waals surface area contributed by atoms with Crippen LogP contribution in [0.4, 0.5) is 18.9 Å². The van der Waals surface area contributed by atoms with E-state index in [-0.39, 0.29) is 5.91 Å².